The van der Waals surface area contributed by atoms with E-state index in [1.54, 1.807) is 11.8 Å². The molecule has 36 heavy (non-hydrogen) atoms. The zero-order valence-corrected chi connectivity index (χ0v) is 20.9. The predicted octanol–water partition coefficient (Wildman–Crippen LogP) is 3.55. The molecule has 2 fully saturated rings. The number of hydrogen-bond acceptors (Lipinski definition) is 6. The first-order chi connectivity index (χ1) is 17.0. The highest BCUT2D eigenvalue weighted by Crippen LogP contribution is 2.38. The number of nitrogens with zero attached hydrogens (tertiary/aromatic N) is 3. The number of rotatable bonds is 5. The minimum atomic E-state index is -3.46. The molecule has 0 bridgehead atoms. The summed E-state index contributed by atoms with van der Waals surface area (Å²) < 4.78 is 30.4. The van der Waals surface area contributed by atoms with Gasteiger partial charge in [-0.3, -0.25) is 24.5 Å². The Labute approximate surface area is 212 Å². The van der Waals surface area contributed by atoms with E-state index in [2.05, 4.69) is 26.2 Å². The van der Waals surface area contributed by atoms with E-state index in [1.807, 2.05) is 0 Å². The summed E-state index contributed by atoms with van der Waals surface area (Å²) in [5.41, 5.74) is -1.12. The first-order valence-electron chi connectivity index (χ1n) is 11.4. The van der Waals surface area contributed by atoms with Crippen LogP contribution in [0.4, 0.5) is 20.2 Å². The van der Waals surface area contributed by atoms with E-state index in [4.69, 9.17) is 0 Å². The Balaban J connectivity index is 1.66. The number of carbonyl (C=O) groups excluding carboxylic acids is 2. The van der Waals surface area contributed by atoms with Crippen LogP contribution in [-0.2, 0) is 0 Å². The largest absolute Gasteiger partial charge is 0.369 e. The Bertz CT molecular complexity index is 1280. The van der Waals surface area contributed by atoms with Crippen LogP contribution in [0.3, 0.4) is 0 Å². The molecule has 13 heteroatoms. The molecule has 2 amide bonds. The molecular weight excluding hydrogens is 544 g/mol. The Morgan fingerprint density at radius 1 is 1.14 bits per heavy atom. The summed E-state index contributed by atoms with van der Waals surface area (Å²) in [6, 6.07) is 3.24. The lowest BCUT2D eigenvalue weighted by molar-refractivity contribution is -0.384. The third-order valence-electron chi connectivity index (χ3n) is 6.30. The zero-order valence-electron chi connectivity index (χ0n) is 19.4. The fraction of sp³-hybridized carbons (Fsp3) is 0.435. The monoisotopic (exact) mass is 567 g/mol. The number of benzene rings is 1. The average Bonchev–Trinajstić information content (AvgIpc) is 3.12. The summed E-state index contributed by atoms with van der Waals surface area (Å²) in [6.07, 6.45) is 2.52. The van der Waals surface area contributed by atoms with Crippen LogP contribution in [0.15, 0.2) is 33.5 Å². The number of amides is 2. The Hall–Kier alpha value is -3.35. The number of halogens is 3. The van der Waals surface area contributed by atoms with Crippen molar-refractivity contribution in [2.45, 2.75) is 38.2 Å². The maximum absolute atomic E-state index is 15.1. The molecule has 0 radical (unpaired) electrons. The van der Waals surface area contributed by atoms with Crippen LogP contribution in [0, 0.1) is 17.0 Å². The van der Waals surface area contributed by atoms with E-state index < -0.39 is 53.0 Å². The lowest BCUT2D eigenvalue weighted by atomic mass is 10.1. The average molecular weight is 568 g/mol. The van der Waals surface area contributed by atoms with Gasteiger partial charge >= 0.3 is 0 Å². The maximum Gasteiger partial charge on any atom is 0.294 e. The van der Waals surface area contributed by atoms with Gasteiger partial charge in [-0.1, -0.05) is 15.9 Å². The number of aromatic nitrogens is 1. The SMILES string of the molecule is Cc1cc(C(=O)N2C[C@H](Nc3c(C(=O)N4CCCCC4)cc(Br)cc3[N+](=O)[O-])C(F)(F)C2)cc(=O)[nH]1. The standard InChI is InChI=1S/C23H24BrF2N5O5/c1-13-7-14(8-19(32)27-13)21(33)30-11-18(23(25,26)12-30)28-20-16(9-15(24)10-17(20)31(35)36)22(34)29-5-3-2-4-6-29/h7-10,18,28H,2-6,11-12H2,1H3,(H,27,32)/t18-/m0/s1. The van der Waals surface area contributed by atoms with Gasteiger partial charge in [0, 0.05) is 47.5 Å². The molecule has 2 N–H and O–H groups in total. The summed E-state index contributed by atoms with van der Waals surface area (Å²) in [4.78, 5) is 53.9. The van der Waals surface area contributed by atoms with Crippen molar-refractivity contribution in [1.29, 1.82) is 0 Å². The first-order valence-corrected chi connectivity index (χ1v) is 12.2. The third kappa shape index (κ3) is 5.25. The van der Waals surface area contributed by atoms with Crippen LogP contribution in [-0.4, -0.2) is 69.7 Å². The van der Waals surface area contributed by atoms with E-state index in [1.165, 1.54) is 12.1 Å². The summed E-state index contributed by atoms with van der Waals surface area (Å²) in [6.45, 7) is 1.07. The smallest absolute Gasteiger partial charge is 0.294 e. The maximum atomic E-state index is 15.1. The van der Waals surface area contributed by atoms with Crippen molar-refractivity contribution >= 4 is 39.1 Å². The van der Waals surface area contributed by atoms with Crippen molar-refractivity contribution < 1.29 is 23.3 Å². The molecule has 2 aromatic rings. The number of likely N-dealkylation sites (tertiary alicyclic amines) is 2. The Kier molecular flexibility index (Phi) is 7.12. The molecule has 2 aliphatic heterocycles. The number of nitrogens with one attached hydrogen (secondary N) is 2. The number of pyridine rings is 1. The van der Waals surface area contributed by atoms with Crippen LogP contribution >= 0.6 is 15.9 Å². The second-order valence-electron chi connectivity index (χ2n) is 9.02. The lowest BCUT2D eigenvalue weighted by Crippen LogP contribution is -2.40. The van der Waals surface area contributed by atoms with Gasteiger partial charge in [0.05, 0.1) is 17.0 Å². The summed E-state index contributed by atoms with van der Waals surface area (Å²) >= 11 is 3.18. The minimum absolute atomic E-state index is 0.0386. The number of aromatic amines is 1. The molecular formula is C23H24BrF2N5O5. The van der Waals surface area contributed by atoms with Crippen LogP contribution in [0.1, 0.15) is 45.7 Å². The van der Waals surface area contributed by atoms with Crippen molar-refractivity contribution in [3.8, 4) is 0 Å². The van der Waals surface area contributed by atoms with E-state index >= 15 is 8.78 Å². The molecule has 192 valence electrons. The molecule has 0 spiro atoms. The van der Waals surface area contributed by atoms with Gasteiger partial charge in [0.2, 0.25) is 5.56 Å². The molecule has 1 aromatic carbocycles. The van der Waals surface area contributed by atoms with Gasteiger partial charge in [-0.2, -0.15) is 0 Å². The van der Waals surface area contributed by atoms with Gasteiger partial charge in [0.1, 0.15) is 11.7 Å². The molecule has 1 atom stereocenters. The number of nitro groups is 1. The molecule has 10 nitrogen and oxygen atoms in total. The number of alkyl halides is 2. The van der Waals surface area contributed by atoms with Crippen LogP contribution < -0.4 is 10.9 Å². The van der Waals surface area contributed by atoms with Crippen molar-refractivity contribution in [3.63, 3.8) is 0 Å². The van der Waals surface area contributed by atoms with Gasteiger partial charge in [-0.05, 0) is 38.3 Å². The van der Waals surface area contributed by atoms with Crippen molar-refractivity contribution in [2.24, 2.45) is 0 Å². The number of carbonyl (C=O) groups is 2. The number of aryl methyl sites for hydroxylation is 1. The number of hydrogen-bond donors (Lipinski definition) is 2. The van der Waals surface area contributed by atoms with E-state index in [0.29, 0.717) is 18.8 Å². The highest BCUT2D eigenvalue weighted by Gasteiger charge is 2.50. The molecule has 1 aromatic heterocycles. The normalized spacial score (nSPS) is 19.3. The van der Waals surface area contributed by atoms with E-state index in [0.717, 1.165) is 36.3 Å². The number of anilines is 1. The van der Waals surface area contributed by atoms with Gasteiger partial charge < -0.3 is 20.1 Å². The van der Waals surface area contributed by atoms with Crippen LogP contribution in [0.2, 0.25) is 0 Å². The second kappa shape index (κ2) is 9.96. The molecule has 0 unspecified atom stereocenters. The molecule has 0 aliphatic carbocycles. The molecule has 3 heterocycles. The van der Waals surface area contributed by atoms with Crippen molar-refractivity contribution in [2.75, 3.05) is 31.5 Å². The highest BCUT2D eigenvalue weighted by atomic mass is 79.9. The van der Waals surface area contributed by atoms with Crippen molar-refractivity contribution in [1.82, 2.24) is 14.8 Å². The highest BCUT2D eigenvalue weighted by molar-refractivity contribution is 9.10. The number of nitro benzene ring substituents is 1. The summed E-state index contributed by atoms with van der Waals surface area (Å²) in [5, 5.41) is 14.4. The zero-order chi connectivity index (χ0) is 26.2. The van der Waals surface area contributed by atoms with Gasteiger partial charge in [0.15, 0.2) is 0 Å². The topological polar surface area (TPSA) is 129 Å². The Morgan fingerprint density at radius 2 is 1.83 bits per heavy atom. The van der Waals surface area contributed by atoms with Crippen molar-refractivity contribution in [3.05, 3.63) is 66.0 Å². The van der Waals surface area contributed by atoms with Crippen LogP contribution in [0.5, 0.6) is 0 Å². The second-order valence-corrected chi connectivity index (χ2v) is 9.93. The molecule has 2 saturated heterocycles. The van der Waals surface area contributed by atoms with Gasteiger partial charge in [-0.25, -0.2) is 8.78 Å². The molecule has 4 rings (SSSR count). The van der Waals surface area contributed by atoms with Gasteiger partial charge in [0.25, 0.3) is 23.4 Å². The quantitative estimate of drug-likeness (QED) is 0.420. The summed E-state index contributed by atoms with van der Waals surface area (Å²) in [5.74, 6) is -4.71. The lowest BCUT2D eigenvalue weighted by Gasteiger charge is -2.28. The van der Waals surface area contributed by atoms with E-state index in [9.17, 15) is 24.5 Å². The molecule has 2 aliphatic rings. The Morgan fingerprint density at radius 3 is 2.47 bits per heavy atom. The van der Waals surface area contributed by atoms with Gasteiger partial charge in [-0.15, -0.1) is 0 Å². The van der Waals surface area contributed by atoms with E-state index in [-0.39, 0.29) is 21.3 Å². The first kappa shape index (κ1) is 25.7. The minimum Gasteiger partial charge on any atom is -0.369 e. The number of H-pyrrole nitrogens is 1. The fourth-order valence-corrected chi connectivity index (χ4v) is 5.02. The number of piperidine rings is 1. The third-order valence-corrected chi connectivity index (χ3v) is 6.76. The fourth-order valence-electron chi connectivity index (χ4n) is 4.58. The molecule has 0 saturated carbocycles. The predicted molar refractivity (Wildman–Crippen MR) is 131 cm³/mol. The van der Waals surface area contributed by atoms with Crippen LogP contribution in [0.25, 0.3) is 0 Å². The summed E-state index contributed by atoms with van der Waals surface area (Å²) in [7, 11) is 0.